The van der Waals surface area contributed by atoms with E-state index < -0.39 is 10.0 Å². The van der Waals surface area contributed by atoms with E-state index in [0.29, 0.717) is 12.2 Å². The standard InChI is InChI=1S/C13H23N3O3S/c1-10(2)16(7-8-17)13-6-5-11(9-12(13)14)20(18,19)15(3)4/h5-6,9-10,17H,7-8,14H2,1-4H3. The summed E-state index contributed by atoms with van der Waals surface area (Å²) >= 11 is 0. The molecule has 0 aliphatic heterocycles. The lowest BCUT2D eigenvalue weighted by Gasteiger charge is -2.29. The number of anilines is 2. The molecule has 1 rings (SSSR count). The van der Waals surface area contributed by atoms with Crippen LogP contribution >= 0.6 is 0 Å². The van der Waals surface area contributed by atoms with Crippen LogP contribution in [0.5, 0.6) is 0 Å². The fourth-order valence-electron chi connectivity index (χ4n) is 1.93. The van der Waals surface area contributed by atoms with Gasteiger partial charge < -0.3 is 15.7 Å². The Morgan fingerprint density at radius 3 is 2.30 bits per heavy atom. The number of aliphatic hydroxyl groups is 1. The predicted molar refractivity (Wildman–Crippen MR) is 81.3 cm³/mol. The van der Waals surface area contributed by atoms with Crippen molar-refractivity contribution >= 4 is 21.4 Å². The number of hydrogen-bond acceptors (Lipinski definition) is 5. The van der Waals surface area contributed by atoms with Crippen molar-refractivity contribution in [3.05, 3.63) is 18.2 Å². The van der Waals surface area contributed by atoms with Gasteiger partial charge in [0, 0.05) is 26.7 Å². The Kier molecular flexibility index (Phi) is 5.38. The van der Waals surface area contributed by atoms with E-state index in [4.69, 9.17) is 10.8 Å². The fraction of sp³-hybridized carbons (Fsp3) is 0.538. The number of aliphatic hydroxyl groups excluding tert-OH is 1. The largest absolute Gasteiger partial charge is 0.397 e. The molecule has 0 bridgehead atoms. The third-order valence-electron chi connectivity index (χ3n) is 3.05. The zero-order valence-corrected chi connectivity index (χ0v) is 13.2. The summed E-state index contributed by atoms with van der Waals surface area (Å²) in [6.07, 6.45) is 0. The first-order chi connectivity index (χ1) is 9.21. The van der Waals surface area contributed by atoms with E-state index in [-0.39, 0.29) is 17.5 Å². The molecule has 0 unspecified atom stereocenters. The third-order valence-corrected chi connectivity index (χ3v) is 4.86. The Morgan fingerprint density at radius 2 is 1.90 bits per heavy atom. The van der Waals surface area contributed by atoms with Crippen LogP contribution < -0.4 is 10.6 Å². The van der Waals surface area contributed by atoms with Gasteiger partial charge in [0.05, 0.1) is 22.9 Å². The Labute approximate surface area is 120 Å². The van der Waals surface area contributed by atoms with Gasteiger partial charge in [-0.15, -0.1) is 0 Å². The molecule has 0 fully saturated rings. The van der Waals surface area contributed by atoms with Gasteiger partial charge in [-0.2, -0.15) is 0 Å². The Bertz CT molecular complexity index is 556. The second-order valence-corrected chi connectivity index (χ2v) is 7.17. The van der Waals surface area contributed by atoms with Crippen molar-refractivity contribution in [2.24, 2.45) is 0 Å². The zero-order chi connectivity index (χ0) is 15.5. The van der Waals surface area contributed by atoms with Crippen molar-refractivity contribution in [3.63, 3.8) is 0 Å². The maximum absolute atomic E-state index is 12.0. The summed E-state index contributed by atoms with van der Waals surface area (Å²) in [5, 5.41) is 9.11. The molecule has 1 aromatic carbocycles. The average Bonchev–Trinajstić information content (AvgIpc) is 2.35. The van der Waals surface area contributed by atoms with Gasteiger partial charge in [-0.3, -0.25) is 0 Å². The van der Waals surface area contributed by atoms with E-state index in [0.717, 1.165) is 9.99 Å². The van der Waals surface area contributed by atoms with E-state index in [9.17, 15) is 8.42 Å². The van der Waals surface area contributed by atoms with Gasteiger partial charge in [0.2, 0.25) is 10.0 Å². The van der Waals surface area contributed by atoms with Crippen LogP contribution in [0.15, 0.2) is 23.1 Å². The number of nitrogens with zero attached hydrogens (tertiary/aromatic N) is 2. The van der Waals surface area contributed by atoms with Crippen LogP contribution in [0.1, 0.15) is 13.8 Å². The highest BCUT2D eigenvalue weighted by Gasteiger charge is 2.20. The van der Waals surface area contributed by atoms with Gasteiger partial charge in [-0.25, -0.2) is 12.7 Å². The van der Waals surface area contributed by atoms with Gasteiger partial charge in [0.1, 0.15) is 0 Å². The van der Waals surface area contributed by atoms with Crippen LogP contribution in [0.3, 0.4) is 0 Å². The summed E-state index contributed by atoms with van der Waals surface area (Å²) in [5.74, 6) is 0. The summed E-state index contributed by atoms with van der Waals surface area (Å²) in [6.45, 7) is 4.43. The number of sulfonamides is 1. The summed E-state index contributed by atoms with van der Waals surface area (Å²) in [7, 11) is -0.533. The first-order valence-corrected chi connectivity index (χ1v) is 7.85. The highest BCUT2D eigenvalue weighted by atomic mass is 32.2. The second-order valence-electron chi connectivity index (χ2n) is 5.02. The zero-order valence-electron chi connectivity index (χ0n) is 12.4. The van der Waals surface area contributed by atoms with Gasteiger partial charge in [-0.1, -0.05) is 0 Å². The van der Waals surface area contributed by atoms with E-state index in [1.165, 1.54) is 26.2 Å². The van der Waals surface area contributed by atoms with Gasteiger partial charge in [0.25, 0.3) is 0 Å². The van der Waals surface area contributed by atoms with Crippen LogP contribution in [-0.2, 0) is 10.0 Å². The molecule has 0 spiro atoms. The molecular weight excluding hydrogens is 278 g/mol. The fourth-order valence-corrected chi connectivity index (χ4v) is 2.87. The molecule has 0 aromatic heterocycles. The topological polar surface area (TPSA) is 86.9 Å². The molecule has 7 heteroatoms. The van der Waals surface area contributed by atoms with E-state index in [2.05, 4.69) is 0 Å². The highest BCUT2D eigenvalue weighted by Crippen LogP contribution is 2.28. The third kappa shape index (κ3) is 3.41. The molecule has 6 nitrogen and oxygen atoms in total. The van der Waals surface area contributed by atoms with Gasteiger partial charge >= 0.3 is 0 Å². The molecule has 0 saturated carbocycles. The lowest BCUT2D eigenvalue weighted by Crippen LogP contribution is -2.34. The van der Waals surface area contributed by atoms with Crippen LogP contribution in [0.25, 0.3) is 0 Å². The molecule has 0 heterocycles. The minimum absolute atomic E-state index is 0.00929. The first kappa shape index (κ1) is 16.7. The van der Waals surface area contributed by atoms with E-state index in [1.54, 1.807) is 6.07 Å². The van der Waals surface area contributed by atoms with E-state index in [1.807, 2.05) is 18.7 Å². The molecule has 114 valence electrons. The predicted octanol–water partition coefficient (Wildman–Crippen LogP) is 0.726. The smallest absolute Gasteiger partial charge is 0.242 e. The molecule has 0 aliphatic rings. The molecule has 3 N–H and O–H groups in total. The molecule has 0 amide bonds. The SMILES string of the molecule is CC(C)N(CCO)c1ccc(S(=O)(=O)N(C)C)cc1N. The summed E-state index contributed by atoms with van der Waals surface area (Å²) in [5.41, 5.74) is 7.09. The minimum Gasteiger partial charge on any atom is -0.397 e. The molecular formula is C13H23N3O3S. The quantitative estimate of drug-likeness (QED) is 0.756. The number of nitrogens with two attached hydrogens (primary N) is 1. The van der Waals surface area contributed by atoms with Crippen LogP contribution in [0, 0.1) is 0 Å². The van der Waals surface area contributed by atoms with Crippen molar-refractivity contribution in [3.8, 4) is 0 Å². The van der Waals surface area contributed by atoms with Crippen molar-refractivity contribution in [2.75, 3.05) is 37.9 Å². The van der Waals surface area contributed by atoms with Crippen molar-refractivity contribution in [1.82, 2.24) is 4.31 Å². The maximum atomic E-state index is 12.0. The highest BCUT2D eigenvalue weighted by molar-refractivity contribution is 7.89. The average molecular weight is 301 g/mol. The molecule has 0 radical (unpaired) electrons. The molecule has 1 aromatic rings. The van der Waals surface area contributed by atoms with Crippen LogP contribution in [0.2, 0.25) is 0 Å². The lowest BCUT2D eigenvalue weighted by atomic mass is 10.2. The number of hydrogen-bond donors (Lipinski definition) is 2. The van der Waals surface area contributed by atoms with Crippen LogP contribution in [-0.4, -0.2) is 51.1 Å². The van der Waals surface area contributed by atoms with Crippen molar-refractivity contribution in [2.45, 2.75) is 24.8 Å². The number of nitrogen functional groups attached to an aromatic ring is 1. The Balaban J connectivity index is 3.23. The molecule has 0 saturated heterocycles. The summed E-state index contributed by atoms with van der Waals surface area (Å²) < 4.78 is 25.2. The second kappa shape index (κ2) is 6.43. The van der Waals surface area contributed by atoms with Gasteiger partial charge in [-0.05, 0) is 32.0 Å². The lowest BCUT2D eigenvalue weighted by molar-refractivity contribution is 0.299. The normalized spacial score (nSPS) is 12.2. The maximum Gasteiger partial charge on any atom is 0.242 e. The van der Waals surface area contributed by atoms with E-state index >= 15 is 0 Å². The van der Waals surface area contributed by atoms with Crippen molar-refractivity contribution in [1.29, 1.82) is 0 Å². The summed E-state index contributed by atoms with van der Waals surface area (Å²) in [6, 6.07) is 4.83. The Morgan fingerprint density at radius 1 is 1.30 bits per heavy atom. The van der Waals surface area contributed by atoms with Crippen LogP contribution in [0.4, 0.5) is 11.4 Å². The molecule has 0 aliphatic carbocycles. The minimum atomic E-state index is -3.49. The van der Waals surface area contributed by atoms with Gasteiger partial charge in [0.15, 0.2) is 0 Å². The molecule has 20 heavy (non-hydrogen) atoms. The Hall–Kier alpha value is -1.31. The molecule has 0 atom stereocenters. The monoisotopic (exact) mass is 301 g/mol. The first-order valence-electron chi connectivity index (χ1n) is 6.41. The number of benzene rings is 1. The van der Waals surface area contributed by atoms with Crippen molar-refractivity contribution < 1.29 is 13.5 Å². The number of rotatable bonds is 6. The summed E-state index contributed by atoms with van der Waals surface area (Å²) in [4.78, 5) is 2.10.